The topological polar surface area (TPSA) is 203 Å². The fraction of sp³-hybridized carbons (Fsp3) is 0.259. The van der Waals surface area contributed by atoms with Crippen LogP contribution in [-0.2, 0) is 14.4 Å². The van der Waals surface area contributed by atoms with Crippen LogP contribution in [0.15, 0.2) is 177 Å². The second-order valence-electron chi connectivity index (χ2n) is 26.4. The van der Waals surface area contributed by atoms with Gasteiger partial charge in [0.05, 0.1) is 23.0 Å². The maximum absolute atomic E-state index is 13.7. The van der Waals surface area contributed by atoms with Crippen molar-refractivity contribution in [1.82, 2.24) is 24.9 Å². The average molecular weight is 1360 g/mol. The van der Waals surface area contributed by atoms with E-state index in [2.05, 4.69) is 57.1 Å². The zero-order chi connectivity index (χ0) is 70.3. The molecule has 101 heavy (non-hydrogen) atoms. The maximum atomic E-state index is 13.7. The van der Waals surface area contributed by atoms with E-state index in [1.54, 1.807) is 67.0 Å². The second kappa shape index (κ2) is 30.7. The SMILES string of the molecule is CN(C)C1CCN(C(=O)c2ccc(-c3ccc(/C=C4/C(=O)Nc5ccc(F)cc54)o3)cc2)CC1.CN1CCCCC1CCC(=O)c1ccc(-c2ccc(/C=C3/C(=O)Nc4ccc(F)cc43)o2)cc1.O=C1Nc2ccc(F)cc2/C1=C\c1cc(-c2cccc(C(=O)NCCN3CCCC3)c2)co1. The van der Waals surface area contributed by atoms with Crippen molar-refractivity contribution in [3.8, 4) is 33.8 Å². The van der Waals surface area contributed by atoms with E-state index in [4.69, 9.17) is 13.3 Å². The number of halogens is 3. The number of piperidine rings is 2. The molecule has 20 heteroatoms. The molecule has 6 aromatic carbocycles. The smallest absolute Gasteiger partial charge is 0.256 e. The summed E-state index contributed by atoms with van der Waals surface area (Å²) in [7, 11) is 6.31. The molecule has 0 radical (unpaired) electrons. The van der Waals surface area contributed by atoms with Gasteiger partial charge in [0.1, 0.15) is 46.3 Å². The van der Waals surface area contributed by atoms with E-state index in [0.717, 1.165) is 80.8 Å². The first-order valence-electron chi connectivity index (χ1n) is 34.2. The fourth-order valence-electron chi connectivity index (χ4n) is 13.7. The average Bonchev–Trinajstić information content (AvgIpc) is 1.67. The molecule has 9 aromatic rings. The number of rotatable bonds is 16. The van der Waals surface area contributed by atoms with Crippen LogP contribution in [0.5, 0.6) is 0 Å². The molecule has 0 saturated carbocycles. The van der Waals surface area contributed by atoms with Crippen molar-refractivity contribution in [2.45, 2.75) is 69.9 Å². The summed E-state index contributed by atoms with van der Waals surface area (Å²) in [6, 6.07) is 44.7. The Balaban J connectivity index is 0.000000135. The predicted octanol–water partition coefficient (Wildman–Crippen LogP) is 15.2. The summed E-state index contributed by atoms with van der Waals surface area (Å²) in [5, 5.41) is 11.2. The zero-order valence-electron chi connectivity index (χ0n) is 56.4. The van der Waals surface area contributed by atoms with E-state index in [1.807, 2.05) is 83.8 Å². The highest BCUT2D eigenvalue weighted by atomic mass is 19.1. The molecule has 3 aromatic heterocycles. The molecule has 0 spiro atoms. The Bertz CT molecular complexity index is 4700. The van der Waals surface area contributed by atoms with Crippen LogP contribution in [0, 0.1) is 17.5 Å². The van der Waals surface area contributed by atoms with Crippen molar-refractivity contribution in [1.29, 1.82) is 0 Å². The van der Waals surface area contributed by atoms with Gasteiger partial charge in [0.15, 0.2) is 5.78 Å². The van der Waals surface area contributed by atoms with Crippen LogP contribution in [0.25, 0.3) is 68.7 Å². The molecule has 0 aliphatic carbocycles. The van der Waals surface area contributed by atoms with E-state index in [9.17, 15) is 41.9 Å². The number of fused-ring (bicyclic) bond motifs is 3. The number of likely N-dealkylation sites (tertiary alicyclic amines) is 3. The lowest BCUT2D eigenvalue weighted by atomic mass is 9.95. The summed E-state index contributed by atoms with van der Waals surface area (Å²) in [5.41, 5.74) is 9.56. The lowest BCUT2D eigenvalue weighted by Gasteiger charge is -2.35. The molecule has 4 N–H and O–H groups in total. The van der Waals surface area contributed by atoms with Gasteiger partial charge >= 0.3 is 0 Å². The van der Waals surface area contributed by atoms with Gasteiger partial charge in [-0.2, -0.15) is 0 Å². The summed E-state index contributed by atoms with van der Waals surface area (Å²) < 4.78 is 58.5. The largest absolute Gasteiger partial charge is 0.464 e. The number of carbonyl (C=O) groups excluding carboxylic acids is 6. The highest BCUT2D eigenvalue weighted by Crippen LogP contribution is 2.38. The number of benzene rings is 6. The molecule has 1 atom stereocenters. The molecule has 3 saturated heterocycles. The lowest BCUT2D eigenvalue weighted by molar-refractivity contribution is -0.111. The quantitative estimate of drug-likeness (QED) is 0.0527. The molecule has 0 bridgehead atoms. The molecular formula is C81H77F3N8O9. The number of nitrogens with one attached hydrogen (secondary N) is 4. The van der Waals surface area contributed by atoms with Crippen LogP contribution in [0.4, 0.5) is 30.2 Å². The first-order chi connectivity index (χ1) is 48.9. The third-order valence-corrected chi connectivity index (χ3v) is 19.4. The third kappa shape index (κ3) is 16.2. The fourth-order valence-corrected chi connectivity index (χ4v) is 13.7. The predicted molar refractivity (Wildman–Crippen MR) is 386 cm³/mol. The number of hydrogen-bond acceptors (Lipinski definition) is 12. The number of amides is 5. The number of hydrogen-bond donors (Lipinski definition) is 4. The normalized spacial score (nSPS) is 17.8. The van der Waals surface area contributed by atoms with Crippen LogP contribution >= 0.6 is 0 Å². The van der Waals surface area contributed by atoms with Crippen molar-refractivity contribution in [2.24, 2.45) is 0 Å². The molecule has 5 amide bonds. The van der Waals surface area contributed by atoms with Gasteiger partial charge in [-0.3, -0.25) is 28.8 Å². The Labute approximate surface area is 583 Å². The molecule has 516 valence electrons. The van der Waals surface area contributed by atoms with E-state index < -0.39 is 17.5 Å². The van der Waals surface area contributed by atoms with Crippen LogP contribution < -0.4 is 21.3 Å². The van der Waals surface area contributed by atoms with Gasteiger partial charge in [-0.25, -0.2) is 13.2 Å². The summed E-state index contributed by atoms with van der Waals surface area (Å²) in [4.78, 5) is 84.0. The minimum absolute atomic E-state index is 0.0479. The van der Waals surface area contributed by atoms with E-state index >= 15 is 0 Å². The number of Topliss-reactive ketones (excluding diaryl/α,β-unsaturated/α-hetero) is 1. The third-order valence-electron chi connectivity index (χ3n) is 19.4. The number of nitrogens with zero attached hydrogens (tertiary/aromatic N) is 4. The molecule has 15 rings (SSSR count). The van der Waals surface area contributed by atoms with Gasteiger partial charge in [-0.15, -0.1) is 0 Å². The number of ketones is 1. The standard InChI is InChI=1S/C28H27FN2O3.C27H26FN3O3.C26H24FN3O3/c1-31-15-3-2-4-21(31)10-13-26(32)18-5-7-19(8-6-18)27-14-11-22(34-27)17-24-23-16-20(29)9-12-25(23)30-28(24)33;1-30(2)20-11-13-31(14-12-20)27(33)18-5-3-17(4-6-18)25-10-8-21(34-25)16-23-22-15-19(28)7-9-24(22)29-26(23)32;27-20-6-7-24-22(14-20)23(26(32)29-24)15-21-13-19(16-33-21)17-4-3-5-18(12-17)25(31)28-8-11-30-9-1-2-10-30/h5-9,11-12,14,16-17,21H,2-4,10,13,15H2,1H3,(H,30,33);3-10,15-16,20H,11-14H2,1-2H3,(H,29,32);3-7,12-16H,1-2,8-11H2,(H,28,31)(H,29,32)/b24-17+;23-16+;23-15+. The monoisotopic (exact) mass is 1360 g/mol. The van der Waals surface area contributed by atoms with Crippen molar-refractivity contribution in [3.63, 3.8) is 0 Å². The van der Waals surface area contributed by atoms with Gasteiger partial charge in [0, 0.05) is 112 Å². The molecule has 9 heterocycles. The Kier molecular flexibility index (Phi) is 20.8. The second-order valence-corrected chi connectivity index (χ2v) is 26.4. The number of anilines is 3. The van der Waals surface area contributed by atoms with Crippen molar-refractivity contribution < 1.29 is 55.2 Å². The van der Waals surface area contributed by atoms with Crippen LogP contribution in [-0.4, -0.2) is 134 Å². The van der Waals surface area contributed by atoms with E-state index in [-0.39, 0.29) is 35.3 Å². The Morgan fingerprint density at radius 3 is 1.57 bits per heavy atom. The Morgan fingerprint density at radius 2 is 1.05 bits per heavy atom. The molecule has 17 nitrogen and oxygen atoms in total. The first-order valence-corrected chi connectivity index (χ1v) is 34.2. The Morgan fingerprint density at radius 1 is 0.535 bits per heavy atom. The molecular weight excluding hydrogens is 1290 g/mol. The van der Waals surface area contributed by atoms with Crippen LogP contribution in [0.1, 0.15) is 123 Å². The summed E-state index contributed by atoms with van der Waals surface area (Å²) >= 11 is 0. The van der Waals surface area contributed by atoms with E-state index in [0.29, 0.717) is 121 Å². The maximum Gasteiger partial charge on any atom is 0.256 e. The first kappa shape index (κ1) is 68.6. The summed E-state index contributed by atoms with van der Waals surface area (Å²) in [5.74, 6) is 0.693. The van der Waals surface area contributed by atoms with Crippen molar-refractivity contribution in [3.05, 3.63) is 232 Å². The van der Waals surface area contributed by atoms with Gasteiger partial charge in [-0.05, 0) is 219 Å². The van der Waals surface area contributed by atoms with Crippen molar-refractivity contribution >= 4 is 87.3 Å². The van der Waals surface area contributed by atoms with Gasteiger partial charge < -0.3 is 54.1 Å². The molecule has 6 aliphatic rings. The van der Waals surface area contributed by atoms with Crippen LogP contribution in [0.3, 0.4) is 0 Å². The number of furan rings is 3. The Hall–Kier alpha value is -10.9. The van der Waals surface area contributed by atoms with Gasteiger partial charge in [0.2, 0.25) is 0 Å². The molecule has 6 aliphatic heterocycles. The summed E-state index contributed by atoms with van der Waals surface area (Å²) in [6.45, 7) is 6.34. The minimum atomic E-state index is -0.410. The van der Waals surface area contributed by atoms with Gasteiger partial charge in [-0.1, -0.05) is 55.0 Å². The number of carbonyl (C=O) groups is 6. The summed E-state index contributed by atoms with van der Waals surface area (Å²) in [6.07, 6.45) is 15.9. The highest BCUT2D eigenvalue weighted by molar-refractivity contribution is 6.36. The van der Waals surface area contributed by atoms with Crippen LogP contribution in [0.2, 0.25) is 0 Å². The van der Waals surface area contributed by atoms with Gasteiger partial charge in [0.25, 0.3) is 29.5 Å². The van der Waals surface area contributed by atoms with E-state index in [1.165, 1.54) is 68.5 Å². The zero-order valence-corrected chi connectivity index (χ0v) is 56.4. The lowest BCUT2D eigenvalue weighted by Crippen LogP contribution is -2.44. The molecule has 3 fully saturated rings. The molecule has 1 unspecified atom stereocenters. The minimum Gasteiger partial charge on any atom is -0.464 e. The van der Waals surface area contributed by atoms with Crippen molar-refractivity contribution in [2.75, 3.05) is 82.9 Å². The highest BCUT2D eigenvalue weighted by Gasteiger charge is 2.30.